The summed E-state index contributed by atoms with van der Waals surface area (Å²) in [5, 5.41) is 14.0. The fraction of sp³-hybridized carbons (Fsp3) is 0.273. The molecule has 1 aromatic carbocycles. The molecular formula is C22H25N7O3S. The molecule has 0 bridgehead atoms. The zero-order valence-electron chi connectivity index (χ0n) is 18.5. The molecule has 0 radical (unpaired) electrons. The number of benzene rings is 1. The van der Waals surface area contributed by atoms with Crippen molar-refractivity contribution >= 4 is 46.7 Å². The lowest BCUT2D eigenvalue weighted by Crippen LogP contribution is -2.30. The summed E-state index contributed by atoms with van der Waals surface area (Å²) in [5.74, 6) is 1.38. The summed E-state index contributed by atoms with van der Waals surface area (Å²) in [4.78, 5) is 17.9. The van der Waals surface area contributed by atoms with Crippen LogP contribution in [0.5, 0.6) is 11.5 Å². The molecule has 0 saturated heterocycles. The molecule has 1 atom stereocenters. The summed E-state index contributed by atoms with van der Waals surface area (Å²) in [6.07, 6.45) is 4.56. The number of nitrogens with zero attached hydrogens (tertiary/aromatic N) is 4. The Morgan fingerprint density at radius 3 is 2.70 bits per heavy atom. The SMILES string of the molecule is COCNC(=S)Nc1ccc2ncc(C(C=N)C=NCc3ccc(OC)c(OC)c3)nc2n1. The van der Waals surface area contributed by atoms with Gasteiger partial charge in [-0.1, -0.05) is 6.07 Å². The van der Waals surface area contributed by atoms with Crippen LogP contribution in [0, 0.1) is 5.41 Å². The number of methoxy groups -OCH3 is 3. The highest BCUT2D eigenvalue weighted by Crippen LogP contribution is 2.27. The molecule has 3 aromatic rings. The van der Waals surface area contributed by atoms with E-state index in [1.165, 1.54) is 6.21 Å². The van der Waals surface area contributed by atoms with Gasteiger partial charge in [-0.3, -0.25) is 9.98 Å². The standard InChI is InChI=1S/C22H25N7O3S/c1-30-13-26-22(33)29-20-7-5-16-21(28-20)27-17(12-25-16)15(9-23)11-24-10-14-4-6-18(31-2)19(8-14)32-3/h4-9,11-12,15,23H,10,13H2,1-3H3,(H2,26,27,28,29,33). The van der Waals surface area contributed by atoms with Crippen molar-refractivity contribution in [3.63, 3.8) is 0 Å². The topological polar surface area (TPSA) is 127 Å². The Labute approximate surface area is 196 Å². The van der Waals surface area contributed by atoms with Gasteiger partial charge in [-0.15, -0.1) is 0 Å². The molecule has 0 aliphatic rings. The van der Waals surface area contributed by atoms with Gasteiger partial charge in [0.25, 0.3) is 0 Å². The minimum atomic E-state index is -0.440. The minimum absolute atomic E-state index is 0.285. The van der Waals surface area contributed by atoms with Crippen LogP contribution in [0.25, 0.3) is 11.2 Å². The van der Waals surface area contributed by atoms with E-state index in [9.17, 15) is 0 Å². The number of ether oxygens (including phenoxy) is 3. The van der Waals surface area contributed by atoms with Crippen molar-refractivity contribution < 1.29 is 14.2 Å². The Bertz CT molecular complexity index is 1160. The van der Waals surface area contributed by atoms with E-state index in [1.54, 1.807) is 45.9 Å². The molecule has 0 saturated carbocycles. The number of thiocarbonyl (C=S) groups is 1. The van der Waals surface area contributed by atoms with Crippen molar-refractivity contribution in [2.24, 2.45) is 4.99 Å². The van der Waals surface area contributed by atoms with Gasteiger partial charge in [0.1, 0.15) is 18.1 Å². The normalized spacial score (nSPS) is 11.8. The van der Waals surface area contributed by atoms with Crippen molar-refractivity contribution in [1.82, 2.24) is 20.3 Å². The number of anilines is 1. The van der Waals surface area contributed by atoms with Crippen LogP contribution in [0.4, 0.5) is 5.82 Å². The lowest BCUT2D eigenvalue weighted by Gasteiger charge is -2.10. The monoisotopic (exact) mass is 467 g/mol. The zero-order valence-corrected chi connectivity index (χ0v) is 19.3. The van der Waals surface area contributed by atoms with Gasteiger partial charge in [0.05, 0.1) is 38.6 Å². The summed E-state index contributed by atoms with van der Waals surface area (Å²) >= 11 is 5.19. The molecule has 0 fully saturated rings. The van der Waals surface area contributed by atoms with Crippen LogP contribution in [0.1, 0.15) is 17.2 Å². The van der Waals surface area contributed by atoms with Gasteiger partial charge in [0, 0.05) is 19.5 Å². The third-order valence-electron chi connectivity index (χ3n) is 4.55. The van der Waals surface area contributed by atoms with E-state index in [0.29, 0.717) is 45.8 Å². The average Bonchev–Trinajstić information content (AvgIpc) is 2.84. The predicted octanol–water partition coefficient (Wildman–Crippen LogP) is 2.94. The first-order valence-corrected chi connectivity index (χ1v) is 10.4. The van der Waals surface area contributed by atoms with Gasteiger partial charge in [0.15, 0.2) is 22.3 Å². The lowest BCUT2D eigenvalue weighted by molar-refractivity contribution is 0.192. The van der Waals surface area contributed by atoms with Crippen LogP contribution in [-0.2, 0) is 11.3 Å². The number of pyridine rings is 1. The van der Waals surface area contributed by atoms with E-state index < -0.39 is 5.92 Å². The Hall–Kier alpha value is -3.70. The number of fused-ring (bicyclic) bond motifs is 1. The maximum absolute atomic E-state index is 7.81. The Morgan fingerprint density at radius 1 is 1.15 bits per heavy atom. The van der Waals surface area contributed by atoms with E-state index >= 15 is 0 Å². The van der Waals surface area contributed by atoms with Crippen molar-refractivity contribution in [1.29, 1.82) is 5.41 Å². The van der Waals surface area contributed by atoms with E-state index in [2.05, 4.69) is 30.6 Å². The summed E-state index contributed by atoms with van der Waals surface area (Å²) in [5.41, 5.74) is 2.59. The number of hydrogen-bond acceptors (Lipinski definition) is 9. The fourth-order valence-electron chi connectivity index (χ4n) is 2.89. The smallest absolute Gasteiger partial charge is 0.180 e. The average molecular weight is 468 g/mol. The second-order valence-corrected chi connectivity index (χ2v) is 7.18. The molecule has 2 heterocycles. The van der Waals surface area contributed by atoms with E-state index in [1.807, 2.05) is 18.2 Å². The van der Waals surface area contributed by atoms with Crippen molar-refractivity contribution in [2.75, 3.05) is 33.4 Å². The van der Waals surface area contributed by atoms with Gasteiger partial charge < -0.3 is 30.3 Å². The molecular weight excluding hydrogens is 442 g/mol. The molecule has 0 aliphatic carbocycles. The van der Waals surface area contributed by atoms with E-state index in [4.69, 9.17) is 31.8 Å². The second-order valence-electron chi connectivity index (χ2n) is 6.77. The molecule has 3 N–H and O–H groups in total. The van der Waals surface area contributed by atoms with Crippen molar-refractivity contribution in [3.05, 3.63) is 47.8 Å². The first kappa shape index (κ1) is 24.0. The van der Waals surface area contributed by atoms with Crippen LogP contribution >= 0.6 is 12.2 Å². The molecule has 172 valence electrons. The van der Waals surface area contributed by atoms with Gasteiger partial charge in [0.2, 0.25) is 0 Å². The molecule has 2 aromatic heterocycles. The predicted molar refractivity (Wildman–Crippen MR) is 132 cm³/mol. The molecule has 0 spiro atoms. The maximum atomic E-state index is 7.81. The van der Waals surface area contributed by atoms with E-state index in [0.717, 1.165) is 5.56 Å². The van der Waals surface area contributed by atoms with Crippen LogP contribution in [-0.4, -0.2) is 60.6 Å². The Kier molecular flexibility index (Phi) is 8.56. The number of rotatable bonds is 10. The highest BCUT2D eigenvalue weighted by molar-refractivity contribution is 7.80. The first-order chi connectivity index (χ1) is 16.1. The number of hydrogen-bond donors (Lipinski definition) is 3. The van der Waals surface area contributed by atoms with Crippen LogP contribution < -0.4 is 20.1 Å². The summed E-state index contributed by atoms with van der Waals surface area (Å²) in [6.45, 7) is 0.705. The largest absolute Gasteiger partial charge is 0.493 e. The molecule has 0 aliphatic heterocycles. The maximum Gasteiger partial charge on any atom is 0.180 e. The molecule has 11 heteroatoms. The van der Waals surface area contributed by atoms with Gasteiger partial charge >= 0.3 is 0 Å². The summed E-state index contributed by atoms with van der Waals surface area (Å²) < 4.78 is 15.5. The number of nitrogens with one attached hydrogen (secondary N) is 3. The van der Waals surface area contributed by atoms with Crippen molar-refractivity contribution in [2.45, 2.75) is 12.5 Å². The van der Waals surface area contributed by atoms with Gasteiger partial charge in [-0.25, -0.2) is 9.97 Å². The number of aliphatic imine (C=N–C) groups is 1. The third kappa shape index (κ3) is 6.40. The van der Waals surface area contributed by atoms with Crippen LogP contribution in [0.15, 0.2) is 41.5 Å². The second kappa shape index (κ2) is 11.8. The fourth-order valence-corrected chi connectivity index (χ4v) is 3.06. The van der Waals surface area contributed by atoms with E-state index in [-0.39, 0.29) is 6.73 Å². The zero-order chi connectivity index (χ0) is 23.6. The third-order valence-corrected chi connectivity index (χ3v) is 4.80. The molecule has 33 heavy (non-hydrogen) atoms. The molecule has 0 amide bonds. The quantitative estimate of drug-likeness (QED) is 0.234. The lowest BCUT2D eigenvalue weighted by atomic mass is 10.1. The van der Waals surface area contributed by atoms with Crippen molar-refractivity contribution in [3.8, 4) is 11.5 Å². The molecule has 10 nitrogen and oxygen atoms in total. The van der Waals surface area contributed by atoms with Gasteiger partial charge in [-0.05, 0) is 42.0 Å². The highest BCUT2D eigenvalue weighted by Gasteiger charge is 2.11. The molecule has 1 unspecified atom stereocenters. The Morgan fingerprint density at radius 2 is 1.97 bits per heavy atom. The Balaban J connectivity index is 1.74. The summed E-state index contributed by atoms with van der Waals surface area (Å²) in [7, 11) is 4.75. The van der Waals surface area contributed by atoms with Crippen LogP contribution in [0.2, 0.25) is 0 Å². The minimum Gasteiger partial charge on any atom is -0.493 e. The van der Waals surface area contributed by atoms with Crippen LogP contribution in [0.3, 0.4) is 0 Å². The van der Waals surface area contributed by atoms with Gasteiger partial charge in [-0.2, -0.15) is 0 Å². The highest BCUT2D eigenvalue weighted by atomic mass is 32.1. The summed E-state index contributed by atoms with van der Waals surface area (Å²) in [6, 6.07) is 9.18. The first-order valence-electron chi connectivity index (χ1n) is 9.96. The number of aromatic nitrogens is 3. The molecule has 3 rings (SSSR count).